The molecule has 0 aliphatic rings. The van der Waals surface area contributed by atoms with Gasteiger partial charge in [0.15, 0.2) is 0 Å². The minimum Gasteiger partial charge on any atom is -0.310 e. The Balaban J connectivity index is 2.12. The van der Waals surface area contributed by atoms with Crippen molar-refractivity contribution < 1.29 is 0 Å². The van der Waals surface area contributed by atoms with Crippen LogP contribution in [0.3, 0.4) is 0 Å². The van der Waals surface area contributed by atoms with E-state index in [1.807, 2.05) is 23.1 Å². The summed E-state index contributed by atoms with van der Waals surface area (Å²) in [6.45, 7) is 9.66. The molecule has 2 heterocycles. The first-order chi connectivity index (χ1) is 9.54. The monoisotopic (exact) mass is 291 g/mol. The zero-order valence-corrected chi connectivity index (χ0v) is 14.0. The number of nitrogens with zero attached hydrogens (tertiary/aromatic N) is 2. The van der Waals surface area contributed by atoms with Crippen LogP contribution in [0.5, 0.6) is 0 Å². The highest BCUT2D eigenvalue weighted by Crippen LogP contribution is 2.28. The van der Waals surface area contributed by atoms with Gasteiger partial charge in [-0.25, -0.2) is 0 Å². The molecule has 0 aromatic carbocycles. The summed E-state index contributed by atoms with van der Waals surface area (Å²) in [5.74, 6) is 0. The topological polar surface area (TPSA) is 29.9 Å². The highest BCUT2D eigenvalue weighted by atomic mass is 32.1. The molecule has 0 saturated heterocycles. The molecule has 0 bridgehead atoms. The second-order valence-electron chi connectivity index (χ2n) is 5.39. The molecule has 0 amide bonds. The van der Waals surface area contributed by atoms with E-state index in [1.165, 1.54) is 27.4 Å². The molecule has 0 radical (unpaired) electrons. The van der Waals surface area contributed by atoms with Crippen LogP contribution in [0.1, 0.15) is 46.8 Å². The molecule has 0 aliphatic carbocycles. The van der Waals surface area contributed by atoms with E-state index in [0.717, 1.165) is 19.4 Å². The maximum atomic E-state index is 4.51. The van der Waals surface area contributed by atoms with E-state index in [9.17, 15) is 0 Å². The Kier molecular flexibility index (Phi) is 5.00. The average molecular weight is 291 g/mol. The lowest BCUT2D eigenvalue weighted by molar-refractivity contribution is 0.520. The Morgan fingerprint density at radius 3 is 2.60 bits per heavy atom. The fraction of sp³-hybridized carbons (Fsp3) is 0.562. The Morgan fingerprint density at radius 2 is 2.10 bits per heavy atom. The number of rotatable bonds is 6. The van der Waals surface area contributed by atoms with Gasteiger partial charge in [0.1, 0.15) is 0 Å². The highest BCUT2D eigenvalue weighted by Gasteiger charge is 2.16. The number of aromatic nitrogens is 2. The van der Waals surface area contributed by atoms with E-state index in [0.29, 0.717) is 6.04 Å². The minimum atomic E-state index is 0.457. The van der Waals surface area contributed by atoms with Gasteiger partial charge in [0.2, 0.25) is 0 Å². The van der Waals surface area contributed by atoms with Crippen LogP contribution in [0.2, 0.25) is 0 Å². The van der Waals surface area contributed by atoms with E-state index in [4.69, 9.17) is 0 Å². The van der Waals surface area contributed by atoms with Gasteiger partial charge in [-0.15, -0.1) is 11.3 Å². The molecule has 2 aromatic rings. The molecule has 1 unspecified atom stereocenters. The summed E-state index contributed by atoms with van der Waals surface area (Å²) in [5.41, 5.74) is 5.27. The number of aryl methyl sites for hydroxylation is 3. The fourth-order valence-corrected chi connectivity index (χ4v) is 3.82. The molecule has 0 saturated carbocycles. The van der Waals surface area contributed by atoms with E-state index < -0.39 is 0 Å². The Labute approximate surface area is 126 Å². The van der Waals surface area contributed by atoms with Crippen molar-refractivity contribution in [1.29, 1.82) is 0 Å². The molecule has 110 valence electrons. The molecular weight excluding hydrogens is 266 g/mol. The second kappa shape index (κ2) is 6.55. The summed E-state index contributed by atoms with van der Waals surface area (Å²) in [6, 6.07) is 2.67. The normalized spacial score (nSPS) is 12.8. The quantitative estimate of drug-likeness (QED) is 0.879. The van der Waals surface area contributed by atoms with Gasteiger partial charge in [-0.1, -0.05) is 6.92 Å². The first-order valence-electron chi connectivity index (χ1n) is 7.31. The van der Waals surface area contributed by atoms with Crippen molar-refractivity contribution in [3.05, 3.63) is 38.8 Å². The average Bonchev–Trinajstić information content (AvgIpc) is 2.92. The van der Waals surface area contributed by atoms with E-state index in [1.54, 1.807) is 0 Å². The van der Waals surface area contributed by atoms with Gasteiger partial charge < -0.3 is 5.32 Å². The van der Waals surface area contributed by atoms with Crippen LogP contribution in [0.4, 0.5) is 0 Å². The van der Waals surface area contributed by atoms with Crippen molar-refractivity contribution in [2.75, 3.05) is 6.54 Å². The van der Waals surface area contributed by atoms with Crippen LogP contribution in [0, 0.1) is 20.8 Å². The van der Waals surface area contributed by atoms with Crippen LogP contribution in [0.25, 0.3) is 0 Å². The van der Waals surface area contributed by atoms with Crippen molar-refractivity contribution in [3.8, 4) is 0 Å². The number of thiophene rings is 1. The first-order valence-corrected chi connectivity index (χ1v) is 8.19. The molecule has 1 atom stereocenters. The van der Waals surface area contributed by atoms with Crippen molar-refractivity contribution in [3.63, 3.8) is 0 Å². The van der Waals surface area contributed by atoms with Crippen molar-refractivity contribution in [2.24, 2.45) is 7.05 Å². The van der Waals surface area contributed by atoms with Crippen LogP contribution in [0.15, 0.2) is 11.4 Å². The van der Waals surface area contributed by atoms with Gasteiger partial charge in [-0.05, 0) is 62.7 Å². The summed E-state index contributed by atoms with van der Waals surface area (Å²) in [4.78, 5) is 1.48. The molecule has 2 aromatic heterocycles. The lowest BCUT2D eigenvalue weighted by Crippen LogP contribution is -2.21. The second-order valence-corrected chi connectivity index (χ2v) is 6.34. The largest absolute Gasteiger partial charge is 0.310 e. The SMILES string of the molecule is CCNC(CCc1c(C)nn(C)c1C)c1sccc1C. The van der Waals surface area contributed by atoms with Gasteiger partial charge in [-0.3, -0.25) is 4.68 Å². The fourth-order valence-electron chi connectivity index (χ4n) is 2.78. The lowest BCUT2D eigenvalue weighted by atomic mass is 10.0. The summed E-state index contributed by atoms with van der Waals surface area (Å²) < 4.78 is 1.99. The zero-order valence-electron chi connectivity index (χ0n) is 13.2. The van der Waals surface area contributed by atoms with Gasteiger partial charge in [-0.2, -0.15) is 5.10 Å². The number of hydrogen-bond acceptors (Lipinski definition) is 3. The maximum absolute atomic E-state index is 4.51. The lowest BCUT2D eigenvalue weighted by Gasteiger charge is -2.18. The minimum absolute atomic E-state index is 0.457. The number of nitrogens with one attached hydrogen (secondary N) is 1. The smallest absolute Gasteiger partial charge is 0.0628 e. The van der Waals surface area contributed by atoms with E-state index in [2.05, 4.69) is 49.6 Å². The van der Waals surface area contributed by atoms with Gasteiger partial charge in [0.05, 0.1) is 5.69 Å². The van der Waals surface area contributed by atoms with Gasteiger partial charge >= 0.3 is 0 Å². The molecule has 0 fully saturated rings. The standard InChI is InChI=1S/C16H25N3S/c1-6-17-15(16-11(2)9-10-20-16)8-7-14-12(3)18-19(5)13(14)4/h9-10,15,17H,6-8H2,1-5H3. The predicted molar refractivity (Wildman–Crippen MR) is 86.5 cm³/mol. The van der Waals surface area contributed by atoms with Crippen LogP contribution >= 0.6 is 11.3 Å². The Bertz CT molecular complexity index is 568. The molecule has 3 nitrogen and oxygen atoms in total. The zero-order chi connectivity index (χ0) is 14.7. The maximum Gasteiger partial charge on any atom is 0.0628 e. The van der Waals surface area contributed by atoms with Crippen molar-refractivity contribution in [2.45, 2.75) is 46.6 Å². The molecule has 1 N–H and O–H groups in total. The molecule has 0 aliphatic heterocycles. The predicted octanol–water partition coefficient (Wildman–Crippen LogP) is 3.69. The summed E-state index contributed by atoms with van der Waals surface area (Å²) in [6.07, 6.45) is 2.21. The van der Waals surface area contributed by atoms with Crippen LogP contribution in [-0.2, 0) is 13.5 Å². The third-order valence-electron chi connectivity index (χ3n) is 4.01. The number of hydrogen-bond donors (Lipinski definition) is 1. The Hall–Kier alpha value is -1.13. The van der Waals surface area contributed by atoms with Crippen molar-refractivity contribution >= 4 is 11.3 Å². The molecule has 4 heteroatoms. The van der Waals surface area contributed by atoms with E-state index in [-0.39, 0.29) is 0 Å². The summed E-state index contributed by atoms with van der Waals surface area (Å²) in [5, 5.41) is 10.3. The third-order valence-corrected chi connectivity index (χ3v) is 5.14. The molecular formula is C16H25N3S. The first kappa shape index (κ1) is 15.3. The third kappa shape index (κ3) is 3.13. The summed E-state index contributed by atoms with van der Waals surface area (Å²) in [7, 11) is 2.02. The molecule has 2 rings (SSSR count). The molecule has 0 spiro atoms. The highest BCUT2D eigenvalue weighted by molar-refractivity contribution is 7.10. The van der Waals surface area contributed by atoms with Crippen LogP contribution in [-0.4, -0.2) is 16.3 Å². The Morgan fingerprint density at radius 1 is 1.35 bits per heavy atom. The van der Waals surface area contributed by atoms with Crippen molar-refractivity contribution in [1.82, 2.24) is 15.1 Å². The van der Waals surface area contributed by atoms with Gasteiger partial charge in [0, 0.05) is 23.7 Å². The van der Waals surface area contributed by atoms with E-state index >= 15 is 0 Å². The summed E-state index contributed by atoms with van der Waals surface area (Å²) >= 11 is 1.86. The van der Waals surface area contributed by atoms with Crippen LogP contribution < -0.4 is 5.32 Å². The van der Waals surface area contributed by atoms with Gasteiger partial charge in [0.25, 0.3) is 0 Å². The molecule has 20 heavy (non-hydrogen) atoms.